The van der Waals surface area contributed by atoms with Gasteiger partial charge in [-0.1, -0.05) is 207 Å². The minimum absolute atomic E-state index is 0.867. The van der Waals surface area contributed by atoms with Crippen LogP contribution >= 0.6 is 11.6 Å². The highest BCUT2D eigenvalue weighted by Crippen LogP contribution is 2.25. The second-order valence-electron chi connectivity index (χ2n) is 13.0. The van der Waals surface area contributed by atoms with Gasteiger partial charge in [-0.25, -0.2) is 0 Å². The Hall–Kier alpha value is -4.46. The van der Waals surface area contributed by atoms with Gasteiger partial charge in [0, 0.05) is 22.3 Å². The molecule has 0 aliphatic rings. The van der Waals surface area contributed by atoms with E-state index >= 15 is 0 Å². The zero-order valence-electron chi connectivity index (χ0n) is 36.5. The summed E-state index contributed by atoms with van der Waals surface area (Å²) in [5.41, 5.74) is 9.25. The highest BCUT2D eigenvalue weighted by Gasteiger charge is 2.09. The lowest BCUT2D eigenvalue weighted by molar-refractivity contribution is 0.422. The molecule has 0 bridgehead atoms. The van der Waals surface area contributed by atoms with Gasteiger partial charge in [-0.05, 0) is 98.2 Å². The van der Waals surface area contributed by atoms with E-state index in [1.54, 1.807) is 6.08 Å². The van der Waals surface area contributed by atoms with E-state index in [1.165, 1.54) is 59.6 Å². The van der Waals surface area contributed by atoms with Crippen LogP contribution in [0.4, 0.5) is 0 Å². The molecule has 1 nitrogen and oxygen atoms in total. The average Bonchev–Trinajstić information content (AvgIpc) is 3.21. The van der Waals surface area contributed by atoms with Gasteiger partial charge in [0.15, 0.2) is 0 Å². The molecule has 1 aromatic heterocycles. The highest BCUT2D eigenvalue weighted by molar-refractivity contribution is 6.32. The Morgan fingerprint density at radius 2 is 1.25 bits per heavy atom. The molecule has 0 aliphatic heterocycles. The maximum atomic E-state index is 6.32. The Balaban J connectivity index is 0. The van der Waals surface area contributed by atoms with Crippen LogP contribution in [0.1, 0.15) is 128 Å². The number of halogens is 1. The fraction of sp³-hybridized carbons (Fsp3) is 0.340. The van der Waals surface area contributed by atoms with Crippen molar-refractivity contribution >= 4 is 34.0 Å². The molecule has 0 amide bonds. The summed E-state index contributed by atoms with van der Waals surface area (Å²) in [5, 5.41) is 3.44. The lowest BCUT2D eigenvalue weighted by Gasteiger charge is -2.15. The molecule has 0 saturated carbocycles. The Kier molecular flexibility index (Phi) is 32.6. The van der Waals surface area contributed by atoms with Gasteiger partial charge in [0.05, 0.1) is 0 Å². The predicted molar refractivity (Wildman–Crippen MR) is 254 cm³/mol. The lowest BCUT2D eigenvalue weighted by atomic mass is 9.92. The number of fused-ring (bicyclic) bond motifs is 1. The van der Waals surface area contributed by atoms with Crippen molar-refractivity contribution in [1.82, 2.24) is 4.98 Å². The highest BCUT2D eigenvalue weighted by atomic mass is 35.5. The zero-order chi connectivity index (χ0) is 42.0. The van der Waals surface area contributed by atoms with Crippen molar-refractivity contribution in [2.45, 2.75) is 115 Å². The first-order valence-corrected chi connectivity index (χ1v) is 20.6. The molecule has 1 atom stereocenters. The van der Waals surface area contributed by atoms with E-state index in [4.69, 9.17) is 11.6 Å². The van der Waals surface area contributed by atoms with Crippen LogP contribution < -0.4 is 0 Å². The summed E-state index contributed by atoms with van der Waals surface area (Å²) in [7, 11) is 0. The predicted octanol–water partition coefficient (Wildman–Crippen LogP) is 17.6. The maximum Gasteiger partial charge on any atom is 0.0467 e. The third-order valence-electron chi connectivity index (χ3n) is 8.02. The van der Waals surface area contributed by atoms with E-state index < -0.39 is 0 Å². The third-order valence-corrected chi connectivity index (χ3v) is 8.56. The molecular formula is C53H74ClN. The van der Waals surface area contributed by atoms with Gasteiger partial charge in [0.25, 0.3) is 0 Å². The number of aromatic nitrogens is 1. The first kappa shape index (κ1) is 52.6. The second kappa shape index (κ2) is 34.1. The molecule has 0 aliphatic carbocycles. The van der Waals surface area contributed by atoms with Crippen molar-refractivity contribution in [3.05, 3.63) is 186 Å². The van der Waals surface area contributed by atoms with Gasteiger partial charge in [-0.15, -0.1) is 13.2 Å². The molecule has 1 heterocycles. The summed E-state index contributed by atoms with van der Waals surface area (Å²) in [4.78, 5) is 4.21. The standard InChI is InChI=1S/C16H25Cl.C16H14.C10H9N.C4H8.C3H6.2C2H6/c1-4-6-9-14(5-2)11-12-15-10-7-8-13(3)16(15)17;1-3-14-9-11-16(12-10-14)13(2)15-7-5-4-6-8-15;1-8-6-9-4-2-3-5-10(9)7-11-8;1-4(2)3;1-3-2;2*1-2/h7-8,10,14H,4-6,9,11-12H2,1-3H3;3-12H,1-2H2;2-7H,1H3;1H2,2-3H3;3H,1H2,2H3;2*1-2H3. The molecule has 0 saturated heterocycles. The molecule has 55 heavy (non-hydrogen) atoms. The average molecular weight is 761 g/mol. The topological polar surface area (TPSA) is 12.9 Å². The number of hydrogen-bond donors (Lipinski definition) is 0. The van der Waals surface area contributed by atoms with Gasteiger partial charge in [-0.2, -0.15) is 0 Å². The van der Waals surface area contributed by atoms with Crippen LogP contribution in [0.5, 0.6) is 0 Å². The minimum Gasteiger partial charge on any atom is -0.261 e. The van der Waals surface area contributed by atoms with E-state index in [2.05, 4.69) is 125 Å². The van der Waals surface area contributed by atoms with Gasteiger partial charge < -0.3 is 0 Å². The lowest BCUT2D eigenvalue weighted by Crippen LogP contribution is -2.01. The fourth-order valence-electron chi connectivity index (χ4n) is 5.13. The van der Waals surface area contributed by atoms with E-state index in [0.29, 0.717) is 0 Å². The summed E-state index contributed by atoms with van der Waals surface area (Å²) >= 11 is 6.32. The smallest absolute Gasteiger partial charge is 0.0467 e. The molecule has 298 valence electrons. The summed E-state index contributed by atoms with van der Waals surface area (Å²) in [5.74, 6) is 0.867. The first-order valence-electron chi connectivity index (χ1n) is 20.2. The SMILES string of the molecule is C=C(C)C.C=CC.C=Cc1ccc(C(=C)c2ccccc2)cc1.CC.CC.CCCCC(CC)CCc1cccc(C)c1Cl.Cc1cc2ccccc2cn1. The molecule has 0 fully saturated rings. The first-order chi connectivity index (χ1) is 26.5. The number of rotatable bonds is 10. The quantitative estimate of drug-likeness (QED) is 0.129. The molecule has 4 aromatic carbocycles. The number of unbranched alkanes of at least 4 members (excludes halogenated alkanes) is 1. The van der Waals surface area contributed by atoms with Crippen LogP contribution in [0.25, 0.3) is 22.4 Å². The molecule has 0 radical (unpaired) electrons. The normalized spacial score (nSPS) is 9.75. The van der Waals surface area contributed by atoms with Crippen LogP contribution in [-0.2, 0) is 6.42 Å². The molecule has 5 rings (SSSR count). The van der Waals surface area contributed by atoms with Crippen molar-refractivity contribution in [2.24, 2.45) is 5.92 Å². The molecule has 5 aromatic rings. The number of hydrogen-bond acceptors (Lipinski definition) is 1. The molecule has 0 spiro atoms. The summed E-state index contributed by atoms with van der Waals surface area (Å²) in [6.07, 6.45) is 13.2. The number of pyridine rings is 1. The van der Waals surface area contributed by atoms with Crippen molar-refractivity contribution in [1.29, 1.82) is 0 Å². The van der Waals surface area contributed by atoms with E-state index in [-0.39, 0.29) is 0 Å². The third kappa shape index (κ3) is 23.8. The van der Waals surface area contributed by atoms with Crippen LogP contribution in [-0.4, -0.2) is 4.98 Å². The number of nitrogens with zero attached hydrogens (tertiary/aromatic N) is 1. The van der Waals surface area contributed by atoms with Gasteiger partial charge >= 0.3 is 0 Å². The van der Waals surface area contributed by atoms with Crippen molar-refractivity contribution < 1.29 is 0 Å². The van der Waals surface area contributed by atoms with Crippen LogP contribution in [0, 0.1) is 19.8 Å². The maximum absolute atomic E-state index is 6.32. The van der Waals surface area contributed by atoms with Gasteiger partial charge in [0.1, 0.15) is 0 Å². The molecular weight excluding hydrogens is 686 g/mol. The summed E-state index contributed by atoms with van der Waals surface area (Å²) < 4.78 is 0. The van der Waals surface area contributed by atoms with Gasteiger partial charge in [-0.3, -0.25) is 4.98 Å². The Bertz CT molecular complexity index is 1730. The molecule has 0 N–H and O–H groups in total. The number of benzene rings is 4. The summed E-state index contributed by atoms with van der Waals surface area (Å²) in [6, 6.07) is 35.2. The van der Waals surface area contributed by atoms with Crippen LogP contribution in [0.3, 0.4) is 0 Å². The minimum atomic E-state index is 0.867. The Morgan fingerprint density at radius 1 is 0.727 bits per heavy atom. The largest absolute Gasteiger partial charge is 0.261 e. The Morgan fingerprint density at radius 3 is 1.78 bits per heavy atom. The second-order valence-corrected chi connectivity index (χ2v) is 13.3. The van der Waals surface area contributed by atoms with E-state index in [1.807, 2.05) is 98.0 Å². The number of allylic oxidation sites excluding steroid dienone is 2. The zero-order valence-corrected chi connectivity index (χ0v) is 37.3. The molecule has 2 heteroatoms. The van der Waals surface area contributed by atoms with E-state index in [9.17, 15) is 0 Å². The van der Waals surface area contributed by atoms with Crippen LogP contribution in [0.15, 0.2) is 147 Å². The van der Waals surface area contributed by atoms with Crippen LogP contribution in [0.2, 0.25) is 5.02 Å². The fourth-order valence-corrected chi connectivity index (χ4v) is 5.35. The number of aryl methyl sites for hydroxylation is 3. The van der Waals surface area contributed by atoms with Gasteiger partial charge in [0.2, 0.25) is 0 Å². The van der Waals surface area contributed by atoms with Crippen molar-refractivity contribution in [3.63, 3.8) is 0 Å². The molecule has 1 unspecified atom stereocenters. The van der Waals surface area contributed by atoms with E-state index in [0.717, 1.165) is 45.3 Å². The monoisotopic (exact) mass is 760 g/mol. The van der Waals surface area contributed by atoms with Crippen molar-refractivity contribution in [2.75, 3.05) is 0 Å². The Labute approximate surface area is 344 Å². The van der Waals surface area contributed by atoms with Crippen molar-refractivity contribution in [3.8, 4) is 0 Å². The summed E-state index contributed by atoms with van der Waals surface area (Å²) in [6.45, 7) is 37.3.